The summed E-state index contributed by atoms with van der Waals surface area (Å²) in [4.78, 5) is 0. The van der Waals surface area contributed by atoms with Crippen LogP contribution in [0, 0.1) is 11.3 Å². The molecule has 1 N–H and O–H groups in total. The molecule has 0 saturated heterocycles. The number of methoxy groups -OCH3 is 1. The van der Waals surface area contributed by atoms with Crippen molar-refractivity contribution >= 4 is 11.4 Å². The van der Waals surface area contributed by atoms with Crippen molar-refractivity contribution in [2.24, 2.45) is 0 Å². The van der Waals surface area contributed by atoms with Crippen LogP contribution in [0.3, 0.4) is 0 Å². The molecule has 104 valence electrons. The van der Waals surface area contributed by atoms with Gasteiger partial charge in [-0.3, -0.25) is 10.4 Å². The van der Waals surface area contributed by atoms with Crippen LogP contribution in [0.5, 0.6) is 5.75 Å². The van der Waals surface area contributed by atoms with E-state index in [1.54, 1.807) is 7.11 Å². The van der Waals surface area contributed by atoms with E-state index in [0.29, 0.717) is 5.56 Å². The van der Waals surface area contributed by atoms with Crippen molar-refractivity contribution in [3.63, 3.8) is 0 Å². The fourth-order valence-electron chi connectivity index (χ4n) is 2.26. The number of hydrogen-bond acceptors (Lipinski definition) is 4. The first kappa shape index (κ1) is 13.1. The SMILES string of the molecule is COc1ccc(N2CC=C(c3ccc(C#N)cc3)N2)cc1. The number of nitrogens with one attached hydrogen (secondary N) is 1. The number of benzene rings is 2. The summed E-state index contributed by atoms with van der Waals surface area (Å²) in [6, 6.07) is 17.6. The highest BCUT2D eigenvalue weighted by molar-refractivity contribution is 5.70. The van der Waals surface area contributed by atoms with Crippen molar-refractivity contribution in [2.45, 2.75) is 0 Å². The summed E-state index contributed by atoms with van der Waals surface area (Å²) in [6.45, 7) is 0.793. The maximum Gasteiger partial charge on any atom is 0.119 e. The van der Waals surface area contributed by atoms with Gasteiger partial charge in [0.05, 0.1) is 36.7 Å². The monoisotopic (exact) mass is 277 g/mol. The molecule has 2 aromatic carbocycles. The number of nitrogens with zero attached hydrogens (tertiary/aromatic N) is 2. The molecule has 1 aliphatic rings. The molecule has 3 rings (SSSR count). The summed E-state index contributed by atoms with van der Waals surface area (Å²) in [5.41, 5.74) is 7.24. The Kier molecular flexibility index (Phi) is 3.48. The van der Waals surface area contributed by atoms with Crippen LogP contribution in [0.25, 0.3) is 5.70 Å². The number of rotatable bonds is 3. The molecule has 0 aromatic heterocycles. The van der Waals surface area contributed by atoms with E-state index in [9.17, 15) is 0 Å². The molecule has 0 fully saturated rings. The smallest absolute Gasteiger partial charge is 0.119 e. The average molecular weight is 277 g/mol. The molecule has 2 aromatic rings. The largest absolute Gasteiger partial charge is 0.497 e. The van der Waals surface area contributed by atoms with Gasteiger partial charge in [0, 0.05) is 0 Å². The van der Waals surface area contributed by atoms with Gasteiger partial charge in [-0.15, -0.1) is 0 Å². The van der Waals surface area contributed by atoms with E-state index >= 15 is 0 Å². The Bertz CT molecular complexity index is 696. The lowest BCUT2D eigenvalue weighted by Crippen LogP contribution is -2.31. The van der Waals surface area contributed by atoms with E-state index < -0.39 is 0 Å². The van der Waals surface area contributed by atoms with Crippen LogP contribution in [0.4, 0.5) is 5.69 Å². The lowest BCUT2D eigenvalue weighted by Gasteiger charge is -2.20. The second-order valence-electron chi connectivity index (χ2n) is 4.73. The summed E-state index contributed by atoms with van der Waals surface area (Å²) >= 11 is 0. The number of anilines is 1. The van der Waals surface area contributed by atoms with Gasteiger partial charge < -0.3 is 4.74 Å². The Hall–Kier alpha value is -2.93. The third kappa shape index (κ3) is 2.67. The zero-order valence-electron chi connectivity index (χ0n) is 11.7. The normalized spacial score (nSPS) is 13.3. The molecular weight excluding hydrogens is 262 g/mol. The van der Waals surface area contributed by atoms with Crippen molar-refractivity contribution in [3.8, 4) is 11.8 Å². The van der Waals surface area contributed by atoms with E-state index in [1.165, 1.54) is 0 Å². The summed E-state index contributed by atoms with van der Waals surface area (Å²) in [5.74, 6) is 0.846. The van der Waals surface area contributed by atoms with Gasteiger partial charge in [0.25, 0.3) is 0 Å². The van der Waals surface area contributed by atoms with E-state index in [0.717, 1.165) is 29.2 Å². The summed E-state index contributed by atoms with van der Waals surface area (Å²) in [5, 5.41) is 10.9. The van der Waals surface area contributed by atoms with Gasteiger partial charge >= 0.3 is 0 Å². The van der Waals surface area contributed by atoms with Gasteiger partial charge in [-0.1, -0.05) is 12.1 Å². The fraction of sp³-hybridized carbons (Fsp3) is 0.118. The lowest BCUT2D eigenvalue weighted by molar-refractivity contribution is 0.415. The number of nitriles is 1. The Balaban J connectivity index is 1.72. The van der Waals surface area contributed by atoms with Crippen molar-refractivity contribution in [1.29, 1.82) is 5.26 Å². The first-order valence-electron chi connectivity index (χ1n) is 6.69. The van der Waals surface area contributed by atoms with Gasteiger partial charge in [-0.05, 0) is 48.0 Å². The molecule has 0 unspecified atom stereocenters. The Morgan fingerprint density at radius 2 is 1.81 bits per heavy atom. The minimum Gasteiger partial charge on any atom is -0.497 e. The summed E-state index contributed by atoms with van der Waals surface area (Å²) in [7, 11) is 1.66. The maximum absolute atomic E-state index is 8.83. The summed E-state index contributed by atoms with van der Waals surface area (Å²) < 4.78 is 5.17. The van der Waals surface area contributed by atoms with Crippen molar-refractivity contribution in [3.05, 3.63) is 65.7 Å². The molecule has 0 amide bonds. The molecule has 1 aliphatic heterocycles. The first-order valence-corrected chi connectivity index (χ1v) is 6.69. The van der Waals surface area contributed by atoms with Gasteiger partial charge in [0.15, 0.2) is 0 Å². The van der Waals surface area contributed by atoms with Crippen molar-refractivity contribution in [1.82, 2.24) is 5.43 Å². The zero-order valence-corrected chi connectivity index (χ0v) is 11.7. The van der Waals surface area contributed by atoms with Crippen LogP contribution < -0.4 is 15.2 Å². The topological polar surface area (TPSA) is 48.3 Å². The highest BCUT2D eigenvalue weighted by atomic mass is 16.5. The predicted molar refractivity (Wildman–Crippen MR) is 82.6 cm³/mol. The third-order valence-corrected chi connectivity index (χ3v) is 3.44. The highest BCUT2D eigenvalue weighted by Crippen LogP contribution is 2.23. The molecule has 1 heterocycles. The second kappa shape index (κ2) is 5.59. The quantitative estimate of drug-likeness (QED) is 0.937. The van der Waals surface area contributed by atoms with Gasteiger partial charge in [-0.25, -0.2) is 0 Å². The van der Waals surface area contributed by atoms with E-state index in [4.69, 9.17) is 10.00 Å². The van der Waals surface area contributed by atoms with Crippen LogP contribution in [0.2, 0.25) is 0 Å². The van der Waals surface area contributed by atoms with Gasteiger partial charge in [-0.2, -0.15) is 5.26 Å². The minimum absolute atomic E-state index is 0.671. The van der Waals surface area contributed by atoms with Crippen LogP contribution in [0.15, 0.2) is 54.6 Å². The molecule has 0 spiro atoms. The summed E-state index contributed by atoms with van der Waals surface area (Å²) in [6.07, 6.45) is 2.13. The second-order valence-corrected chi connectivity index (χ2v) is 4.73. The zero-order chi connectivity index (χ0) is 14.7. The Morgan fingerprint density at radius 1 is 1.10 bits per heavy atom. The number of hydrazine groups is 1. The molecule has 0 atom stereocenters. The molecule has 4 heteroatoms. The van der Waals surface area contributed by atoms with E-state index in [1.807, 2.05) is 48.5 Å². The van der Waals surface area contributed by atoms with Crippen LogP contribution >= 0.6 is 0 Å². The molecule has 0 bridgehead atoms. The number of ether oxygens (including phenoxy) is 1. The van der Waals surface area contributed by atoms with Crippen LogP contribution in [-0.2, 0) is 0 Å². The number of hydrogen-bond donors (Lipinski definition) is 1. The van der Waals surface area contributed by atoms with Gasteiger partial charge in [0.2, 0.25) is 0 Å². The van der Waals surface area contributed by atoms with E-state index in [2.05, 4.69) is 22.6 Å². The predicted octanol–water partition coefficient (Wildman–Crippen LogP) is 2.93. The highest BCUT2D eigenvalue weighted by Gasteiger charge is 2.15. The van der Waals surface area contributed by atoms with Crippen molar-refractivity contribution in [2.75, 3.05) is 18.7 Å². The molecule has 0 saturated carbocycles. The molecule has 0 aliphatic carbocycles. The standard InChI is InChI=1S/C17H15N3O/c1-21-16-8-6-15(7-9-16)20-11-10-17(19-20)14-4-2-13(12-18)3-5-14/h2-10,19H,11H2,1H3. The molecular formula is C17H15N3O. The lowest BCUT2D eigenvalue weighted by atomic mass is 10.1. The van der Waals surface area contributed by atoms with Crippen molar-refractivity contribution < 1.29 is 4.74 Å². The van der Waals surface area contributed by atoms with E-state index in [-0.39, 0.29) is 0 Å². The Morgan fingerprint density at radius 3 is 2.43 bits per heavy atom. The average Bonchev–Trinajstić information content (AvgIpc) is 3.05. The minimum atomic E-state index is 0.671. The molecule has 4 nitrogen and oxygen atoms in total. The third-order valence-electron chi connectivity index (χ3n) is 3.44. The first-order chi connectivity index (χ1) is 10.3. The molecule has 21 heavy (non-hydrogen) atoms. The fourth-order valence-corrected chi connectivity index (χ4v) is 2.26. The van der Waals surface area contributed by atoms with Crippen LogP contribution in [0.1, 0.15) is 11.1 Å². The maximum atomic E-state index is 8.83. The molecule has 0 radical (unpaired) electrons. The Labute approximate surface area is 123 Å². The van der Waals surface area contributed by atoms with Crippen LogP contribution in [-0.4, -0.2) is 13.7 Å². The van der Waals surface area contributed by atoms with Gasteiger partial charge in [0.1, 0.15) is 5.75 Å².